The number of carbonyl (C=O) groups excluding carboxylic acids is 1. The summed E-state index contributed by atoms with van der Waals surface area (Å²) in [5, 5.41) is 0. The molecule has 0 aromatic rings. The van der Waals surface area contributed by atoms with Crippen molar-refractivity contribution < 1.29 is 14.0 Å². The van der Waals surface area contributed by atoms with Crippen LogP contribution < -0.4 is 0 Å². The van der Waals surface area contributed by atoms with E-state index >= 15 is 0 Å². The van der Waals surface area contributed by atoms with Gasteiger partial charge < -0.3 is 9.22 Å². The van der Waals surface area contributed by atoms with Crippen LogP contribution in [0.3, 0.4) is 0 Å². The van der Waals surface area contributed by atoms with Crippen LogP contribution in [0.15, 0.2) is 12.2 Å². The monoisotopic (exact) mass is 200 g/mol. The number of nitrogens with zero attached hydrogens (tertiary/aromatic N) is 1. The molecule has 0 aromatic heterocycles. The number of hydrogen-bond acceptors (Lipinski definition) is 2. The molecule has 0 rings (SSSR count). The maximum atomic E-state index is 11.1. The lowest BCUT2D eigenvalue weighted by atomic mass is 10.3. The summed E-state index contributed by atoms with van der Waals surface area (Å²) in [5.41, 5.74) is 0. The molecular formula is C11H22NO2+. The SMILES string of the molecule is CCC/C=C/C(=O)OCC[N+](C)(C)C. The number of rotatable bonds is 6. The molecule has 0 N–H and O–H groups in total. The van der Waals surface area contributed by atoms with E-state index < -0.39 is 0 Å². The lowest BCUT2D eigenvalue weighted by Gasteiger charge is -2.23. The number of unbranched alkanes of at least 4 members (excludes halogenated alkanes) is 1. The lowest BCUT2D eigenvalue weighted by molar-refractivity contribution is -0.870. The number of carbonyl (C=O) groups is 1. The zero-order valence-electron chi connectivity index (χ0n) is 9.75. The third-order valence-corrected chi connectivity index (χ3v) is 1.72. The van der Waals surface area contributed by atoms with E-state index in [-0.39, 0.29) is 5.97 Å². The number of hydrogen-bond donors (Lipinski definition) is 0. The molecule has 82 valence electrons. The van der Waals surface area contributed by atoms with Crippen molar-refractivity contribution in [2.45, 2.75) is 19.8 Å². The quantitative estimate of drug-likeness (QED) is 0.370. The minimum atomic E-state index is -0.230. The number of esters is 1. The average Bonchev–Trinajstić information content (AvgIpc) is 2.02. The molecule has 0 bridgehead atoms. The zero-order valence-corrected chi connectivity index (χ0v) is 9.75. The Hall–Kier alpha value is -0.830. The highest BCUT2D eigenvalue weighted by Crippen LogP contribution is 1.92. The lowest BCUT2D eigenvalue weighted by Crippen LogP contribution is -2.37. The Morgan fingerprint density at radius 1 is 1.36 bits per heavy atom. The molecule has 0 radical (unpaired) electrons. The second-order valence-electron chi connectivity index (χ2n) is 4.37. The fourth-order valence-corrected chi connectivity index (χ4v) is 0.814. The van der Waals surface area contributed by atoms with Crippen molar-refractivity contribution in [3.8, 4) is 0 Å². The summed E-state index contributed by atoms with van der Waals surface area (Å²) < 4.78 is 5.83. The van der Waals surface area contributed by atoms with Gasteiger partial charge in [0.05, 0.1) is 21.1 Å². The van der Waals surface area contributed by atoms with Crippen LogP contribution >= 0.6 is 0 Å². The summed E-state index contributed by atoms with van der Waals surface area (Å²) in [6, 6.07) is 0. The highest BCUT2D eigenvalue weighted by atomic mass is 16.5. The Bertz CT molecular complexity index is 192. The maximum Gasteiger partial charge on any atom is 0.330 e. The minimum absolute atomic E-state index is 0.230. The summed E-state index contributed by atoms with van der Waals surface area (Å²) in [6.07, 6.45) is 5.36. The van der Waals surface area contributed by atoms with E-state index in [1.165, 1.54) is 6.08 Å². The zero-order chi connectivity index (χ0) is 11.0. The fraction of sp³-hybridized carbons (Fsp3) is 0.727. The molecule has 0 unspecified atom stereocenters. The molecule has 0 aliphatic heterocycles. The molecule has 0 spiro atoms. The van der Waals surface area contributed by atoms with E-state index in [1.807, 2.05) is 6.08 Å². The van der Waals surface area contributed by atoms with Gasteiger partial charge in [0, 0.05) is 6.08 Å². The standard InChI is InChI=1S/C11H22NO2/c1-5-6-7-8-11(13)14-10-9-12(2,3)4/h7-8H,5-6,9-10H2,1-4H3/q+1/b8-7+. The van der Waals surface area contributed by atoms with Gasteiger partial charge in [-0.2, -0.15) is 0 Å². The maximum absolute atomic E-state index is 11.1. The van der Waals surface area contributed by atoms with Crippen LogP contribution in [0.4, 0.5) is 0 Å². The molecule has 0 heterocycles. The number of allylic oxidation sites excluding steroid dienone is 1. The average molecular weight is 200 g/mol. The number of likely N-dealkylation sites (N-methyl/N-ethyl adjacent to an activating group) is 1. The first-order valence-corrected chi connectivity index (χ1v) is 5.09. The molecule has 3 nitrogen and oxygen atoms in total. The van der Waals surface area contributed by atoms with Crippen molar-refractivity contribution in [2.24, 2.45) is 0 Å². The molecule has 0 amide bonds. The van der Waals surface area contributed by atoms with Crippen molar-refractivity contribution in [1.29, 1.82) is 0 Å². The van der Waals surface area contributed by atoms with Gasteiger partial charge in [-0.1, -0.05) is 19.4 Å². The highest BCUT2D eigenvalue weighted by Gasteiger charge is 2.07. The van der Waals surface area contributed by atoms with E-state index in [1.54, 1.807) is 0 Å². The van der Waals surface area contributed by atoms with Crippen LogP contribution in [0, 0.1) is 0 Å². The largest absolute Gasteiger partial charge is 0.457 e. The summed E-state index contributed by atoms with van der Waals surface area (Å²) in [5.74, 6) is -0.230. The van der Waals surface area contributed by atoms with Crippen LogP contribution in [0.25, 0.3) is 0 Å². The Kier molecular flexibility index (Phi) is 6.21. The molecule has 0 fully saturated rings. The van der Waals surface area contributed by atoms with Gasteiger partial charge in [0.2, 0.25) is 0 Å². The number of ether oxygens (including phenoxy) is 1. The Balaban J connectivity index is 3.55. The van der Waals surface area contributed by atoms with E-state index in [0.29, 0.717) is 6.61 Å². The minimum Gasteiger partial charge on any atom is -0.457 e. The molecule has 0 saturated carbocycles. The highest BCUT2D eigenvalue weighted by molar-refractivity contribution is 5.81. The van der Waals surface area contributed by atoms with Gasteiger partial charge in [0.15, 0.2) is 0 Å². The van der Waals surface area contributed by atoms with Gasteiger partial charge in [-0.25, -0.2) is 4.79 Å². The summed E-state index contributed by atoms with van der Waals surface area (Å²) in [7, 11) is 6.21. The van der Waals surface area contributed by atoms with Gasteiger partial charge in [-0.05, 0) is 6.42 Å². The molecule has 0 saturated heterocycles. The van der Waals surface area contributed by atoms with E-state index in [2.05, 4.69) is 28.1 Å². The molecule has 0 aliphatic rings. The first-order chi connectivity index (χ1) is 6.45. The van der Waals surface area contributed by atoms with Gasteiger partial charge >= 0.3 is 5.97 Å². The fourth-order valence-electron chi connectivity index (χ4n) is 0.814. The predicted octanol–water partition coefficient (Wildman–Crippen LogP) is 1.59. The Morgan fingerprint density at radius 2 is 2.00 bits per heavy atom. The first kappa shape index (κ1) is 13.2. The Labute approximate surface area is 86.9 Å². The van der Waals surface area contributed by atoms with Crippen molar-refractivity contribution >= 4 is 5.97 Å². The van der Waals surface area contributed by atoms with Crippen molar-refractivity contribution in [3.05, 3.63) is 12.2 Å². The number of quaternary nitrogens is 1. The third-order valence-electron chi connectivity index (χ3n) is 1.72. The predicted molar refractivity (Wildman–Crippen MR) is 57.9 cm³/mol. The summed E-state index contributed by atoms with van der Waals surface area (Å²) in [6.45, 7) is 3.40. The van der Waals surface area contributed by atoms with Crippen molar-refractivity contribution in [3.63, 3.8) is 0 Å². The normalized spacial score (nSPS) is 12.0. The van der Waals surface area contributed by atoms with Crippen LogP contribution in [-0.2, 0) is 9.53 Å². The second kappa shape index (κ2) is 6.60. The van der Waals surface area contributed by atoms with Gasteiger partial charge in [-0.15, -0.1) is 0 Å². The third kappa shape index (κ3) is 9.26. The molecule has 3 heteroatoms. The van der Waals surface area contributed by atoms with Crippen LogP contribution in [0.1, 0.15) is 19.8 Å². The van der Waals surface area contributed by atoms with Gasteiger partial charge in [-0.3, -0.25) is 0 Å². The van der Waals surface area contributed by atoms with Crippen LogP contribution in [-0.4, -0.2) is 44.7 Å². The van der Waals surface area contributed by atoms with E-state index in [9.17, 15) is 4.79 Å². The van der Waals surface area contributed by atoms with Gasteiger partial charge in [0.25, 0.3) is 0 Å². The van der Waals surface area contributed by atoms with E-state index in [0.717, 1.165) is 23.9 Å². The molecule has 14 heavy (non-hydrogen) atoms. The molecule has 0 aliphatic carbocycles. The van der Waals surface area contributed by atoms with Crippen LogP contribution in [0.2, 0.25) is 0 Å². The molecule has 0 atom stereocenters. The van der Waals surface area contributed by atoms with E-state index in [4.69, 9.17) is 4.74 Å². The topological polar surface area (TPSA) is 26.3 Å². The van der Waals surface area contributed by atoms with Crippen molar-refractivity contribution in [1.82, 2.24) is 0 Å². The van der Waals surface area contributed by atoms with Crippen LogP contribution in [0.5, 0.6) is 0 Å². The molecular weight excluding hydrogens is 178 g/mol. The molecule has 0 aromatic carbocycles. The van der Waals surface area contributed by atoms with Crippen molar-refractivity contribution in [2.75, 3.05) is 34.3 Å². The summed E-state index contributed by atoms with van der Waals surface area (Å²) in [4.78, 5) is 11.1. The first-order valence-electron chi connectivity index (χ1n) is 5.09. The smallest absolute Gasteiger partial charge is 0.330 e. The second-order valence-corrected chi connectivity index (χ2v) is 4.37. The Morgan fingerprint density at radius 3 is 2.50 bits per heavy atom. The van der Waals surface area contributed by atoms with Gasteiger partial charge in [0.1, 0.15) is 13.2 Å². The summed E-state index contributed by atoms with van der Waals surface area (Å²) >= 11 is 0.